The molecule has 4 atom stereocenters. The van der Waals surface area contributed by atoms with E-state index in [1.165, 1.54) is 6.42 Å². The van der Waals surface area contributed by atoms with Gasteiger partial charge in [-0.3, -0.25) is 0 Å². The van der Waals surface area contributed by atoms with Gasteiger partial charge in [-0.25, -0.2) is 0 Å². The molecule has 0 aliphatic carbocycles. The smallest absolute Gasteiger partial charge is 0.0590 e. The lowest BCUT2D eigenvalue weighted by molar-refractivity contribution is 0.0935. The fourth-order valence-corrected chi connectivity index (χ4v) is 1.95. The molecule has 72 valence electrons. The number of rotatable bonds is 3. The summed E-state index contributed by atoms with van der Waals surface area (Å²) in [4.78, 5) is 0. The highest BCUT2D eigenvalue weighted by Crippen LogP contribution is 2.27. The van der Waals surface area contributed by atoms with Crippen LogP contribution in [0.25, 0.3) is 0 Å². The predicted molar refractivity (Wildman–Crippen MR) is 51.0 cm³/mol. The van der Waals surface area contributed by atoms with E-state index in [0.717, 1.165) is 13.0 Å². The Morgan fingerprint density at radius 2 is 2.25 bits per heavy atom. The van der Waals surface area contributed by atoms with Gasteiger partial charge in [0.1, 0.15) is 0 Å². The molecule has 12 heavy (non-hydrogen) atoms. The molecule has 1 heterocycles. The number of ether oxygens (including phenoxy) is 1. The van der Waals surface area contributed by atoms with E-state index < -0.39 is 0 Å². The van der Waals surface area contributed by atoms with Gasteiger partial charge in [0.2, 0.25) is 0 Å². The van der Waals surface area contributed by atoms with E-state index in [-0.39, 0.29) is 0 Å². The van der Waals surface area contributed by atoms with E-state index >= 15 is 0 Å². The van der Waals surface area contributed by atoms with Crippen molar-refractivity contribution in [2.75, 3.05) is 6.61 Å². The van der Waals surface area contributed by atoms with Crippen LogP contribution in [0, 0.1) is 11.8 Å². The molecule has 1 rings (SSSR count). The summed E-state index contributed by atoms with van der Waals surface area (Å²) in [5.74, 6) is 1.21. The van der Waals surface area contributed by atoms with Crippen LogP contribution in [-0.2, 0) is 4.74 Å². The first-order valence-electron chi connectivity index (χ1n) is 5.04. The van der Waals surface area contributed by atoms with Crippen molar-refractivity contribution in [3.63, 3.8) is 0 Å². The van der Waals surface area contributed by atoms with E-state index in [1.807, 2.05) is 0 Å². The second kappa shape index (κ2) is 4.24. The molecule has 1 aliphatic heterocycles. The lowest BCUT2D eigenvalue weighted by atomic mass is 9.85. The van der Waals surface area contributed by atoms with Crippen LogP contribution in [0.3, 0.4) is 0 Å². The van der Waals surface area contributed by atoms with Crippen LogP contribution < -0.4 is 5.73 Å². The summed E-state index contributed by atoms with van der Waals surface area (Å²) in [5, 5.41) is 0. The summed E-state index contributed by atoms with van der Waals surface area (Å²) >= 11 is 0. The van der Waals surface area contributed by atoms with Crippen molar-refractivity contribution in [1.29, 1.82) is 0 Å². The maximum Gasteiger partial charge on any atom is 0.0590 e. The van der Waals surface area contributed by atoms with E-state index in [0.29, 0.717) is 24.0 Å². The van der Waals surface area contributed by atoms with Gasteiger partial charge in [0.25, 0.3) is 0 Å². The Balaban J connectivity index is 2.45. The third-order valence-electron chi connectivity index (χ3n) is 3.23. The van der Waals surface area contributed by atoms with Gasteiger partial charge in [-0.1, -0.05) is 20.3 Å². The predicted octanol–water partition coefficient (Wildman–Crippen LogP) is 1.78. The molecule has 1 fully saturated rings. The van der Waals surface area contributed by atoms with Crippen molar-refractivity contribution < 1.29 is 4.74 Å². The molecule has 0 radical (unpaired) electrons. The molecule has 1 aliphatic rings. The van der Waals surface area contributed by atoms with Gasteiger partial charge in [-0.15, -0.1) is 0 Å². The van der Waals surface area contributed by atoms with Crippen molar-refractivity contribution in [3.8, 4) is 0 Å². The number of hydrogen-bond donors (Lipinski definition) is 1. The average Bonchev–Trinajstić information content (AvgIpc) is 2.48. The first-order valence-corrected chi connectivity index (χ1v) is 5.04. The molecule has 0 spiro atoms. The van der Waals surface area contributed by atoms with Gasteiger partial charge in [-0.2, -0.15) is 0 Å². The fraction of sp³-hybridized carbons (Fsp3) is 1.00. The van der Waals surface area contributed by atoms with E-state index in [1.54, 1.807) is 0 Å². The molecule has 0 saturated carbocycles. The van der Waals surface area contributed by atoms with Crippen LogP contribution >= 0.6 is 0 Å². The number of hydrogen-bond acceptors (Lipinski definition) is 2. The largest absolute Gasteiger partial charge is 0.378 e. The normalized spacial score (nSPS) is 35.0. The summed E-state index contributed by atoms with van der Waals surface area (Å²) < 4.78 is 5.50. The second-order valence-electron chi connectivity index (χ2n) is 3.99. The zero-order valence-corrected chi connectivity index (χ0v) is 8.42. The first-order chi connectivity index (χ1) is 5.66. The zero-order valence-electron chi connectivity index (χ0n) is 8.42. The van der Waals surface area contributed by atoms with Crippen molar-refractivity contribution in [2.24, 2.45) is 17.6 Å². The van der Waals surface area contributed by atoms with Crippen molar-refractivity contribution in [1.82, 2.24) is 0 Å². The van der Waals surface area contributed by atoms with E-state index in [4.69, 9.17) is 10.5 Å². The Labute approximate surface area is 75.5 Å². The summed E-state index contributed by atoms with van der Waals surface area (Å²) in [6, 6.07) is 0.326. The van der Waals surface area contributed by atoms with Gasteiger partial charge in [0, 0.05) is 18.6 Å². The summed E-state index contributed by atoms with van der Waals surface area (Å²) in [6.45, 7) is 7.47. The molecule has 2 N–H and O–H groups in total. The average molecular weight is 171 g/mol. The van der Waals surface area contributed by atoms with Gasteiger partial charge >= 0.3 is 0 Å². The molecule has 2 heteroatoms. The Morgan fingerprint density at radius 3 is 2.67 bits per heavy atom. The quantitative estimate of drug-likeness (QED) is 0.702. The molecule has 4 unspecified atom stereocenters. The van der Waals surface area contributed by atoms with Crippen molar-refractivity contribution >= 4 is 0 Å². The molecule has 1 saturated heterocycles. The lowest BCUT2D eigenvalue weighted by Gasteiger charge is -2.26. The van der Waals surface area contributed by atoms with Gasteiger partial charge in [-0.05, 0) is 19.3 Å². The molecule has 0 aromatic carbocycles. The molecule has 0 amide bonds. The monoisotopic (exact) mass is 171 g/mol. The van der Waals surface area contributed by atoms with E-state index in [2.05, 4.69) is 20.8 Å². The highest BCUT2D eigenvalue weighted by molar-refractivity contribution is 4.84. The zero-order chi connectivity index (χ0) is 9.14. The molecular weight excluding hydrogens is 150 g/mol. The lowest BCUT2D eigenvalue weighted by Crippen LogP contribution is -2.39. The minimum absolute atomic E-state index is 0.326. The Hall–Kier alpha value is -0.0800. The first kappa shape index (κ1) is 10.0. The summed E-state index contributed by atoms with van der Waals surface area (Å²) in [5.41, 5.74) is 6.14. The Bertz CT molecular complexity index is 138. The second-order valence-corrected chi connectivity index (χ2v) is 3.99. The van der Waals surface area contributed by atoms with Crippen LogP contribution in [0.4, 0.5) is 0 Å². The SMILES string of the molecule is CCC(C)C(N)C1CCOC1C. The van der Waals surface area contributed by atoms with Crippen LogP contribution in [0.15, 0.2) is 0 Å². The van der Waals surface area contributed by atoms with Gasteiger partial charge in [0.15, 0.2) is 0 Å². The summed E-state index contributed by atoms with van der Waals surface area (Å²) in [7, 11) is 0. The Kier molecular flexibility index (Phi) is 3.53. The fourth-order valence-electron chi connectivity index (χ4n) is 1.95. The third-order valence-corrected chi connectivity index (χ3v) is 3.23. The standard InChI is InChI=1S/C10H21NO/c1-4-7(2)10(11)9-5-6-12-8(9)3/h7-10H,4-6,11H2,1-3H3. The maximum atomic E-state index is 6.14. The molecule has 2 nitrogen and oxygen atoms in total. The van der Waals surface area contributed by atoms with Crippen molar-refractivity contribution in [2.45, 2.75) is 45.8 Å². The summed E-state index contributed by atoms with van der Waals surface area (Å²) in [6.07, 6.45) is 2.69. The van der Waals surface area contributed by atoms with Crippen LogP contribution in [0.2, 0.25) is 0 Å². The topological polar surface area (TPSA) is 35.2 Å². The Morgan fingerprint density at radius 1 is 1.58 bits per heavy atom. The van der Waals surface area contributed by atoms with E-state index in [9.17, 15) is 0 Å². The molecule has 0 bridgehead atoms. The minimum atomic E-state index is 0.326. The molecule has 0 aromatic heterocycles. The van der Waals surface area contributed by atoms with Crippen molar-refractivity contribution in [3.05, 3.63) is 0 Å². The number of nitrogens with two attached hydrogens (primary N) is 1. The van der Waals surface area contributed by atoms with Gasteiger partial charge < -0.3 is 10.5 Å². The van der Waals surface area contributed by atoms with Crippen LogP contribution in [-0.4, -0.2) is 18.8 Å². The molecule has 0 aromatic rings. The van der Waals surface area contributed by atoms with Crippen LogP contribution in [0.5, 0.6) is 0 Å². The highest BCUT2D eigenvalue weighted by atomic mass is 16.5. The maximum absolute atomic E-state index is 6.14. The minimum Gasteiger partial charge on any atom is -0.378 e. The molecular formula is C10H21NO. The third kappa shape index (κ3) is 1.99. The van der Waals surface area contributed by atoms with Crippen LogP contribution in [0.1, 0.15) is 33.6 Å². The highest BCUT2D eigenvalue weighted by Gasteiger charge is 2.31. The van der Waals surface area contributed by atoms with Gasteiger partial charge in [0.05, 0.1) is 6.10 Å².